The summed E-state index contributed by atoms with van der Waals surface area (Å²) >= 11 is 2.09. The predicted octanol–water partition coefficient (Wildman–Crippen LogP) is 3.60. The fourth-order valence-electron chi connectivity index (χ4n) is 1.98. The Kier molecular flexibility index (Phi) is 5.03. The van der Waals surface area contributed by atoms with Gasteiger partial charge in [-0.2, -0.15) is 0 Å². The van der Waals surface area contributed by atoms with Crippen LogP contribution in [0.1, 0.15) is 36.0 Å². The first-order valence-electron chi connectivity index (χ1n) is 5.70. The average Bonchev–Trinajstić information content (AvgIpc) is 2.87. The lowest BCUT2D eigenvalue weighted by molar-refractivity contribution is 0.105. The number of carbonyl (C=O) groups is 1. The van der Waals surface area contributed by atoms with E-state index in [2.05, 4.69) is 38.0 Å². The van der Waals surface area contributed by atoms with Crippen molar-refractivity contribution in [2.45, 2.75) is 31.3 Å². The first kappa shape index (κ1) is 13.8. The number of ketones is 1. The summed E-state index contributed by atoms with van der Waals surface area (Å²) in [6, 6.07) is 3.35. The zero-order valence-corrected chi connectivity index (χ0v) is 12.7. The van der Waals surface area contributed by atoms with Crippen LogP contribution in [-0.4, -0.2) is 16.4 Å². The molecule has 0 aliphatic heterocycles. The van der Waals surface area contributed by atoms with Gasteiger partial charge in [-0.15, -0.1) is 0 Å². The van der Waals surface area contributed by atoms with E-state index in [4.69, 9.17) is 4.18 Å². The average molecular weight is 373 g/mol. The summed E-state index contributed by atoms with van der Waals surface area (Å²) < 4.78 is 5.64. The van der Waals surface area contributed by atoms with Crippen molar-refractivity contribution in [3.8, 4) is 11.8 Å². The van der Waals surface area contributed by atoms with Gasteiger partial charge in [-0.3, -0.25) is 14.0 Å². The molecule has 0 spiro atoms. The van der Waals surface area contributed by atoms with Gasteiger partial charge in [0, 0.05) is 39.2 Å². The molecule has 1 heterocycles. The number of nitrogens with zero attached hydrogens (tertiary/aromatic N) is 1. The lowest BCUT2D eigenvalue weighted by Gasteiger charge is -2.19. The third-order valence-corrected chi connectivity index (χ3v) is 3.87. The molecule has 1 aliphatic carbocycles. The molecule has 2 rings (SSSR count). The third kappa shape index (κ3) is 3.46. The standard InChI is InChI=1S/C13H12INO2S/c14-18-17-13(6-1-2-7-13)8-3-12(16)11-4-9-15-10-5-11/h4-5,9-10H,1-2,6-7H2. The van der Waals surface area contributed by atoms with Crippen molar-refractivity contribution in [1.29, 1.82) is 0 Å². The van der Waals surface area contributed by atoms with E-state index < -0.39 is 5.60 Å². The molecule has 1 aliphatic rings. The van der Waals surface area contributed by atoms with E-state index in [0.717, 1.165) is 25.7 Å². The maximum atomic E-state index is 11.9. The Hall–Kier alpha value is -0.580. The van der Waals surface area contributed by atoms with Gasteiger partial charge < -0.3 is 0 Å². The summed E-state index contributed by atoms with van der Waals surface area (Å²) in [5, 5.41) is 0. The van der Waals surface area contributed by atoms with Crippen LogP contribution in [0, 0.1) is 11.8 Å². The normalized spacial score (nSPS) is 16.9. The van der Waals surface area contributed by atoms with Crippen molar-refractivity contribution in [2.75, 3.05) is 0 Å². The molecule has 0 bridgehead atoms. The lowest BCUT2D eigenvalue weighted by Crippen LogP contribution is -2.23. The Morgan fingerprint density at radius 1 is 1.39 bits per heavy atom. The van der Waals surface area contributed by atoms with Gasteiger partial charge >= 0.3 is 0 Å². The monoisotopic (exact) mass is 373 g/mol. The highest BCUT2D eigenvalue weighted by Gasteiger charge is 2.33. The van der Waals surface area contributed by atoms with Gasteiger partial charge in [0.25, 0.3) is 0 Å². The molecule has 0 atom stereocenters. The number of halogens is 1. The van der Waals surface area contributed by atoms with Crippen molar-refractivity contribution in [3.05, 3.63) is 30.1 Å². The zero-order chi connectivity index (χ0) is 12.8. The fourth-order valence-corrected chi connectivity index (χ4v) is 3.34. The molecule has 1 aromatic heterocycles. The highest BCUT2D eigenvalue weighted by Crippen LogP contribution is 2.37. The Labute approximate surface area is 123 Å². The summed E-state index contributed by atoms with van der Waals surface area (Å²) in [5.74, 6) is 5.56. The molecule has 1 saturated carbocycles. The molecule has 0 radical (unpaired) electrons. The molecule has 0 amide bonds. The third-order valence-electron chi connectivity index (χ3n) is 2.95. The fraction of sp³-hybridized carbons (Fsp3) is 0.385. The molecule has 0 aromatic carbocycles. The molecule has 1 fully saturated rings. The maximum Gasteiger partial charge on any atom is 0.236 e. The van der Waals surface area contributed by atoms with Crippen molar-refractivity contribution < 1.29 is 8.98 Å². The number of rotatable bonds is 3. The largest absolute Gasteiger partial charge is 0.286 e. The predicted molar refractivity (Wildman–Crippen MR) is 80.2 cm³/mol. The van der Waals surface area contributed by atoms with Gasteiger partial charge in [0.05, 0.1) is 9.21 Å². The van der Waals surface area contributed by atoms with Gasteiger partial charge in [-0.25, -0.2) is 0 Å². The molecule has 0 unspecified atom stereocenters. The smallest absolute Gasteiger partial charge is 0.236 e. The van der Waals surface area contributed by atoms with Gasteiger partial charge in [-0.05, 0) is 43.7 Å². The highest BCUT2D eigenvalue weighted by atomic mass is 127. The topological polar surface area (TPSA) is 39.2 Å². The van der Waals surface area contributed by atoms with E-state index in [0.29, 0.717) is 5.56 Å². The Bertz CT molecular complexity index is 475. The number of Topliss-reactive ketones (excluding diaryl/α,β-unsaturated/α-hetero) is 1. The molecule has 0 N–H and O–H groups in total. The molecule has 1 aromatic rings. The quantitative estimate of drug-likeness (QED) is 0.267. The first-order chi connectivity index (χ1) is 8.76. The summed E-state index contributed by atoms with van der Waals surface area (Å²) in [6.45, 7) is 0. The van der Waals surface area contributed by atoms with Crippen LogP contribution in [0.2, 0.25) is 0 Å². The van der Waals surface area contributed by atoms with E-state index in [1.54, 1.807) is 24.5 Å². The molecule has 94 valence electrons. The summed E-state index contributed by atoms with van der Waals surface area (Å²) in [7, 11) is 1.29. The van der Waals surface area contributed by atoms with E-state index in [1.807, 2.05) is 0 Å². The first-order valence-corrected chi connectivity index (χ1v) is 8.98. The minimum atomic E-state index is -0.436. The Morgan fingerprint density at radius 2 is 2.06 bits per heavy atom. The van der Waals surface area contributed by atoms with Crippen LogP contribution in [0.5, 0.6) is 0 Å². The van der Waals surface area contributed by atoms with Crippen LogP contribution in [0.4, 0.5) is 0 Å². The summed E-state index contributed by atoms with van der Waals surface area (Å²) in [6.07, 6.45) is 7.21. The van der Waals surface area contributed by atoms with Crippen LogP contribution in [0.25, 0.3) is 0 Å². The number of pyridine rings is 1. The van der Waals surface area contributed by atoms with Crippen molar-refractivity contribution in [3.63, 3.8) is 0 Å². The Morgan fingerprint density at radius 3 is 2.67 bits per heavy atom. The van der Waals surface area contributed by atoms with Crippen molar-refractivity contribution in [1.82, 2.24) is 4.98 Å². The van der Waals surface area contributed by atoms with Crippen LogP contribution >= 0.6 is 30.4 Å². The second kappa shape index (κ2) is 6.55. The second-order valence-electron chi connectivity index (χ2n) is 4.16. The minimum Gasteiger partial charge on any atom is -0.286 e. The summed E-state index contributed by atoms with van der Waals surface area (Å²) in [5.41, 5.74) is 0.141. The molecule has 18 heavy (non-hydrogen) atoms. The number of carbonyl (C=O) groups excluding carboxylic acids is 1. The van der Waals surface area contributed by atoms with Gasteiger partial charge in [0.15, 0.2) is 0 Å². The molecule has 0 saturated heterocycles. The second-order valence-corrected chi connectivity index (χ2v) is 5.53. The van der Waals surface area contributed by atoms with E-state index in [1.165, 1.54) is 9.21 Å². The number of hydrogen-bond donors (Lipinski definition) is 0. The van der Waals surface area contributed by atoms with Crippen molar-refractivity contribution in [2.24, 2.45) is 0 Å². The van der Waals surface area contributed by atoms with Crippen LogP contribution in [0.15, 0.2) is 24.5 Å². The van der Waals surface area contributed by atoms with E-state index >= 15 is 0 Å². The van der Waals surface area contributed by atoms with E-state index in [-0.39, 0.29) is 5.78 Å². The van der Waals surface area contributed by atoms with Gasteiger partial charge in [0.1, 0.15) is 5.60 Å². The lowest BCUT2D eigenvalue weighted by atomic mass is 10.0. The highest BCUT2D eigenvalue weighted by molar-refractivity contribution is 14.2. The Balaban J connectivity index is 2.13. The van der Waals surface area contributed by atoms with Gasteiger partial charge in [-0.1, -0.05) is 5.92 Å². The van der Waals surface area contributed by atoms with Crippen LogP contribution in [0.3, 0.4) is 0 Å². The SMILES string of the molecule is O=C(C#CC1(OSI)CCCC1)c1ccncc1. The number of hydrogen-bond acceptors (Lipinski definition) is 4. The molecule has 3 nitrogen and oxygen atoms in total. The zero-order valence-electron chi connectivity index (χ0n) is 9.69. The van der Waals surface area contributed by atoms with Crippen molar-refractivity contribution >= 4 is 36.2 Å². The van der Waals surface area contributed by atoms with Crippen LogP contribution < -0.4 is 0 Å². The molecule has 5 heteroatoms. The molecular formula is C13H12INO2S. The van der Waals surface area contributed by atoms with E-state index in [9.17, 15) is 4.79 Å². The molecular weight excluding hydrogens is 361 g/mol. The summed E-state index contributed by atoms with van der Waals surface area (Å²) in [4.78, 5) is 15.8. The minimum absolute atomic E-state index is 0.175. The maximum absolute atomic E-state index is 11.9. The number of aromatic nitrogens is 1. The van der Waals surface area contributed by atoms with Crippen LogP contribution in [-0.2, 0) is 4.18 Å². The van der Waals surface area contributed by atoms with Gasteiger partial charge in [0.2, 0.25) is 5.78 Å².